The van der Waals surface area contributed by atoms with Gasteiger partial charge in [-0.1, -0.05) is 0 Å². The molecule has 1 unspecified atom stereocenters. The summed E-state index contributed by atoms with van der Waals surface area (Å²) in [5.41, 5.74) is 5.66. The number of carbonyl (C=O) groups excluding carboxylic acids is 1. The number of hydrogen-bond donors (Lipinski definition) is 2. The zero-order valence-corrected chi connectivity index (χ0v) is 5.18. The maximum atomic E-state index is 10.7. The number of nitrogens with two attached hydrogens (primary N) is 1. The molecule has 2 rings (SSSR count). The van der Waals surface area contributed by atoms with Crippen LogP contribution in [0, 0.1) is 0 Å². The van der Waals surface area contributed by atoms with Crippen LogP contribution in [-0.2, 0) is 4.79 Å². The molecule has 0 radical (unpaired) electrons. The van der Waals surface area contributed by atoms with Crippen LogP contribution >= 0.6 is 0 Å². The maximum Gasteiger partial charge on any atom is 0.220 e. The van der Waals surface area contributed by atoms with E-state index in [1.807, 2.05) is 0 Å². The minimum Gasteiger partial charge on any atom is -0.349 e. The molecule has 1 amide bonds. The Morgan fingerprint density at radius 3 is 2.67 bits per heavy atom. The molecule has 1 spiro atoms. The zero-order valence-electron chi connectivity index (χ0n) is 5.18. The van der Waals surface area contributed by atoms with Gasteiger partial charge < -0.3 is 11.1 Å². The molecule has 1 aliphatic carbocycles. The summed E-state index contributed by atoms with van der Waals surface area (Å²) in [6, 6.07) is 0.240. The molecule has 0 aromatic carbocycles. The minimum atomic E-state index is 0.0527. The van der Waals surface area contributed by atoms with Crippen LogP contribution in [-0.4, -0.2) is 17.5 Å². The number of carbonyl (C=O) groups is 1. The molecular formula is C6H10N2O. The van der Waals surface area contributed by atoms with Gasteiger partial charge in [0.25, 0.3) is 0 Å². The molecule has 1 aliphatic heterocycles. The van der Waals surface area contributed by atoms with Crippen LogP contribution in [0.1, 0.15) is 19.3 Å². The van der Waals surface area contributed by atoms with E-state index in [1.54, 1.807) is 0 Å². The van der Waals surface area contributed by atoms with E-state index >= 15 is 0 Å². The van der Waals surface area contributed by atoms with Gasteiger partial charge in [0.05, 0.1) is 5.54 Å². The highest BCUT2D eigenvalue weighted by atomic mass is 16.2. The molecule has 0 bridgehead atoms. The largest absolute Gasteiger partial charge is 0.349 e. The average molecular weight is 126 g/mol. The van der Waals surface area contributed by atoms with E-state index in [2.05, 4.69) is 5.32 Å². The summed E-state index contributed by atoms with van der Waals surface area (Å²) in [6.07, 6.45) is 2.61. The van der Waals surface area contributed by atoms with Gasteiger partial charge in [0, 0.05) is 12.5 Å². The van der Waals surface area contributed by atoms with Gasteiger partial charge in [0.15, 0.2) is 0 Å². The van der Waals surface area contributed by atoms with Gasteiger partial charge in [-0.3, -0.25) is 4.79 Å². The Bertz CT molecular complexity index is 168. The van der Waals surface area contributed by atoms with Gasteiger partial charge in [-0.15, -0.1) is 0 Å². The smallest absolute Gasteiger partial charge is 0.220 e. The van der Waals surface area contributed by atoms with E-state index in [1.165, 1.54) is 0 Å². The second-order valence-electron chi connectivity index (χ2n) is 3.01. The van der Waals surface area contributed by atoms with Crippen LogP contribution in [0.3, 0.4) is 0 Å². The second-order valence-corrected chi connectivity index (χ2v) is 3.01. The van der Waals surface area contributed by atoms with E-state index in [0.717, 1.165) is 12.8 Å². The summed E-state index contributed by atoms with van der Waals surface area (Å²) in [5.74, 6) is 0.169. The molecule has 3 N–H and O–H groups in total. The van der Waals surface area contributed by atoms with Crippen molar-refractivity contribution in [1.29, 1.82) is 0 Å². The first-order valence-electron chi connectivity index (χ1n) is 3.30. The molecule has 1 saturated carbocycles. The van der Waals surface area contributed by atoms with Crippen LogP contribution in [0.5, 0.6) is 0 Å². The molecule has 2 fully saturated rings. The second kappa shape index (κ2) is 1.29. The van der Waals surface area contributed by atoms with Crippen LogP contribution < -0.4 is 11.1 Å². The predicted molar refractivity (Wildman–Crippen MR) is 32.7 cm³/mol. The van der Waals surface area contributed by atoms with Crippen LogP contribution in [0.2, 0.25) is 0 Å². The third-order valence-electron chi connectivity index (χ3n) is 2.32. The van der Waals surface area contributed by atoms with Crippen molar-refractivity contribution in [2.75, 3.05) is 0 Å². The lowest BCUT2D eigenvalue weighted by molar-refractivity contribution is -0.119. The Balaban J connectivity index is 2.11. The number of nitrogens with one attached hydrogen (secondary N) is 1. The first kappa shape index (κ1) is 5.23. The van der Waals surface area contributed by atoms with Crippen LogP contribution in [0.15, 0.2) is 0 Å². The fourth-order valence-corrected chi connectivity index (χ4v) is 1.50. The topological polar surface area (TPSA) is 55.1 Å². The summed E-state index contributed by atoms with van der Waals surface area (Å²) in [7, 11) is 0. The van der Waals surface area contributed by atoms with Crippen molar-refractivity contribution in [2.45, 2.75) is 30.8 Å². The standard InChI is InChI=1S/C6H10N2O/c7-4-3-6(4)2-1-5(9)8-6/h4H,1-3,7H2,(H,8,9)/t4?,6-/m1/s1. The SMILES string of the molecule is NC1C[C@]12CCC(=O)N2. The summed E-state index contributed by atoms with van der Waals surface area (Å²) < 4.78 is 0. The Morgan fingerprint density at radius 1 is 1.78 bits per heavy atom. The van der Waals surface area contributed by atoms with E-state index in [-0.39, 0.29) is 17.5 Å². The van der Waals surface area contributed by atoms with Crippen molar-refractivity contribution in [3.63, 3.8) is 0 Å². The fourth-order valence-electron chi connectivity index (χ4n) is 1.50. The van der Waals surface area contributed by atoms with E-state index in [9.17, 15) is 4.79 Å². The lowest BCUT2D eigenvalue weighted by Gasteiger charge is -2.04. The van der Waals surface area contributed by atoms with Gasteiger partial charge in [0.1, 0.15) is 0 Å². The molecule has 2 aliphatic rings. The van der Waals surface area contributed by atoms with Gasteiger partial charge in [-0.25, -0.2) is 0 Å². The van der Waals surface area contributed by atoms with Crippen LogP contribution in [0.4, 0.5) is 0 Å². The lowest BCUT2D eigenvalue weighted by Crippen LogP contribution is -2.33. The average Bonchev–Trinajstić information content (AvgIpc) is 2.17. The van der Waals surface area contributed by atoms with E-state index in [0.29, 0.717) is 6.42 Å². The Hall–Kier alpha value is -0.570. The van der Waals surface area contributed by atoms with Gasteiger partial charge in [-0.05, 0) is 12.8 Å². The normalized spacial score (nSPS) is 47.7. The highest BCUT2D eigenvalue weighted by Gasteiger charge is 2.55. The third kappa shape index (κ3) is 0.580. The number of amides is 1. The third-order valence-corrected chi connectivity index (χ3v) is 2.32. The van der Waals surface area contributed by atoms with E-state index in [4.69, 9.17) is 5.73 Å². The molecule has 1 heterocycles. The summed E-state index contributed by atoms with van der Waals surface area (Å²) in [4.78, 5) is 10.7. The molecule has 3 nitrogen and oxygen atoms in total. The van der Waals surface area contributed by atoms with Crippen molar-refractivity contribution in [2.24, 2.45) is 5.73 Å². The van der Waals surface area contributed by atoms with Crippen molar-refractivity contribution in [3.8, 4) is 0 Å². The lowest BCUT2D eigenvalue weighted by atomic mass is 10.2. The number of rotatable bonds is 0. The molecule has 1 saturated heterocycles. The Morgan fingerprint density at radius 2 is 2.44 bits per heavy atom. The molecule has 2 atom stereocenters. The van der Waals surface area contributed by atoms with Crippen molar-refractivity contribution < 1.29 is 4.79 Å². The predicted octanol–water partition coefficient (Wildman–Crippen LogP) is -0.634. The Kier molecular flexibility index (Phi) is 0.750. The van der Waals surface area contributed by atoms with Crippen molar-refractivity contribution in [3.05, 3.63) is 0 Å². The monoisotopic (exact) mass is 126 g/mol. The zero-order chi connectivity index (χ0) is 6.48. The fraction of sp³-hybridized carbons (Fsp3) is 0.833. The molecule has 50 valence electrons. The minimum absolute atomic E-state index is 0.0527. The van der Waals surface area contributed by atoms with Crippen molar-refractivity contribution in [1.82, 2.24) is 5.32 Å². The molecule has 9 heavy (non-hydrogen) atoms. The van der Waals surface area contributed by atoms with Crippen molar-refractivity contribution >= 4 is 5.91 Å². The van der Waals surface area contributed by atoms with Gasteiger partial charge in [0.2, 0.25) is 5.91 Å². The maximum absolute atomic E-state index is 10.7. The summed E-state index contributed by atoms with van der Waals surface area (Å²) >= 11 is 0. The highest BCUT2D eigenvalue weighted by Crippen LogP contribution is 2.41. The number of hydrogen-bond acceptors (Lipinski definition) is 2. The summed E-state index contributed by atoms with van der Waals surface area (Å²) in [5, 5.41) is 2.89. The molecule has 0 aromatic rings. The highest BCUT2D eigenvalue weighted by molar-refractivity contribution is 5.80. The van der Waals surface area contributed by atoms with E-state index < -0.39 is 0 Å². The first-order valence-corrected chi connectivity index (χ1v) is 3.30. The van der Waals surface area contributed by atoms with Gasteiger partial charge >= 0.3 is 0 Å². The quantitative estimate of drug-likeness (QED) is 0.454. The van der Waals surface area contributed by atoms with Gasteiger partial charge in [-0.2, -0.15) is 0 Å². The molecule has 3 heteroatoms. The first-order chi connectivity index (χ1) is 4.23. The van der Waals surface area contributed by atoms with Crippen LogP contribution in [0.25, 0.3) is 0 Å². The molecule has 0 aromatic heterocycles. The molecular weight excluding hydrogens is 116 g/mol. The summed E-state index contributed by atoms with van der Waals surface area (Å²) in [6.45, 7) is 0. The Labute approximate surface area is 53.6 Å².